The summed E-state index contributed by atoms with van der Waals surface area (Å²) >= 11 is 0. The van der Waals surface area contributed by atoms with Gasteiger partial charge >= 0.3 is 5.97 Å². The molecule has 0 radical (unpaired) electrons. The van der Waals surface area contributed by atoms with Crippen LogP contribution in [-0.4, -0.2) is 99.0 Å². The van der Waals surface area contributed by atoms with Crippen LogP contribution in [0, 0.1) is 0 Å². The maximum atomic E-state index is 13.5. The second-order valence-corrected chi connectivity index (χ2v) is 12.5. The minimum atomic E-state index is -4.09. The molecule has 0 aliphatic carbocycles. The van der Waals surface area contributed by atoms with Gasteiger partial charge in [-0.1, -0.05) is 44.4 Å². The lowest BCUT2D eigenvalue weighted by Crippen LogP contribution is -2.53. The second kappa shape index (κ2) is 15.0. The molecule has 42 heavy (non-hydrogen) atoms. The van der Waals surface area contributed by atoms with Crippen molar-refractivity contribution in [3.8, 4) is 0 Å². The third-order valence-electron chi connectivity index (χ3n) is 7.62. The Kier molecular flexibility index (Phi) is 11.2. The first-order chi connectivity index (χ1) is 20.3. The summed E-state index contributed by atoms with van der Waals surface area (Å²) < 4.78 is 28.0. The van der Waals surface area contributed by atoms with Crippen LogP contribution >= 0.6 is 0 Å². The number of unbranched alkanes of at least 4 members (excludes halogenated alkanes) is 3. The van der Waals surface area contributed by atoms with E-state index in [-0.39, 0.29) is 18.0 Å². The molecule has 1 unspecified atom stereocenters. The van der Waals surface area contributed by atoms with Gasteiger partial charge in [0.2, 0.25) is 10.0 Å². The van der Waals surface area contributed by atoms with Crippen LogP contribution in [0.3, 0.4) is 0 Å². The van der Waals surface area contributed by atoms with Crippen molar-refractivity contribution >= 4 is 33.5 Å². The van der Waals surface area contributed by atoms with Crippen molar-refractivity contribution in [2.45, 2.75) is 50.0 Å². The van der Waals surface area contributed by atoms with E-state index in [2.05, 4.69) is 25.4 Å². The zero-order valence-electron chi connectivity index (χ0n) is 24.2. The molecule has 0 bridgehead atoms. The number of carbonyl (C=O) groups is 2. The molecule has 2 heterocycles. The maximum Gasteiger partial charge on any atom is 0.323 e. The molecule has 2 aliphatic heterocycles. The normalized spacial score (nSPS) is 16.5. The number of rotatable bonds is 13. The first kappa shape index (κ1) is 31.3. The molecule has 2 aromatic carbocycles. The van der Waals surface area contributed by atoms with Gasteiger partial charge in [0.1, 0.15) is 6.04 Å². The highest BCUT2D eigenvalue weighted by atomic mass is 32.2. The Bertz CT molecular complexity index is 1310. The maximum absolute atomic E-state index is 13.5. The number of guanidine groups is 1. The molecule has 12 heteroatoms. The summed E-state index contributed by atoms with van der Waals surface area (Å²) in [5, 5.41) is 16.1. The number of nitrogens with zero attached hydrogens (tertiary/aromatic N) is 4. The average Bonchev–Trinajstić information content (AvgIpc) is 3.03. The summed E-state index contributed by atoms with van der Waals surface area (Å²) in [4.78, 5) is 34.5. The van der Waals surface area contributed by atoms with Crippen LogP contribution in [0.25, 0.3) is 0 Å². The molecule has 0 saturated carbocycles. The number of piperazine rings is 1. The van der Waals surface area contributed by atoms with Crippen LogP contribution in [-0.2, 0) is 14.8 Å². The number of amides is 1. The Labute approximate surface area is 248 Å². The summed E-state index contributed by atoms with van der Waals surface area (Å²) in [6.07, 6.45) is 4.25. The van der Waals surface area contributed by atoms with Crippen LogP contribution in [0.5, 0.6) is 0 Å². The fourth-order valence-corrected chi connectivity index (χ4v) is 6.84. The van der Waals surface area contributed by atoms with E-state index in [0.29, 0.717) is 12.0 Å². The molecule has 11 nitrogen and oxygen atoms in total. The summed E-state index contributed by atoms with van der Waals surface area (Å²) in [7, 11) is -4.09. The SMILES string of the molecule is CCCCCCN(C(CNC(=O)c1ccc(N2CCN(C3=NCCCN3)CC2)cc1)C(=O)O)S(=O)(=O)c1ccccc1. The van der Waals surface area contributed by atoms with E-state index in [0.717, 1.165) is 80.9 Å². The second-order valence-electron chi connectivity index (χ2n) is 10.6. The average molecular weight is 599 g/mol. The monoisotopic (exact) mass is 598 g/mol. The van der Waals surface area contributed by atoms with E-state index in [9.17, 15) is 23.1 Å². The predicted octanol–water partition coefficient (Wildman–Crippen LogP) is 2.61. The number of carboxylic acid groups (broad SMARTS) is 1. The number of carbonyl (C=O) groups excluding carboxylic acids is 1. The van der Waals surface area contributed by atoms with Crippen molar-refractivity contribution in [2.24, 2.45) is 4.99 Å². The number of aliphatic imine (C=N–C) groups is 1. The molecule has 2 aromatic rings. The number of hydrogen-bond donors (Lipinski definition) is 3. The molecule has 1 atom stereocenters. The van der Waals surface area contributed by atoms with E-state index in [1.807, 2.05) is 19.1 Å². The Morgan fingerprint density at radius 1 is 1.00 bits per heavy atom. The molecule has 1 amide bonds. The lowest BCUT2D eigenvalue weighted by atomic mass is 10.1. The Morgan fingerprint density at radius 2 is 1.69 bits per heavy atom. The van der Waals surface area contributed by atoms with Crippen LogP contribution in [0.1, 0.15) is 49.4 Å². The van der Waals surface area contributed by atoms with Crippen molar-refractivity contribution in [1.29, 1.82) is 0 Å². The first-order valence-corrected chi connectivity index (χ1v) is 16.2. The van der Waals surface area contributed by atoms with Crippen molar-refractivity contribution < 1.29 is 23.1 Å². The lowest BCUT2D eigenvalue weighted by molar-refractivity contribution is -0.141. The molecule has 1 saturated heterocycles. The first-order valence-electron chi connectivity index (χ1n) is 14.8. The molecule has 0 spiro atoms. The fraction of sp³-hybridized carbons (Fsp3) is 0.500. The van der Waals surface area contributed by atoms with E-state index in [1.54, 1.807) is 30.3 Å². The minimum absolute atomic E-state index is 0.0254. The Balaban J connectivity index is 1.38. The highest BCUT2D eigenvalue weighted by molar-refractivity contribution is 7.89. The molecule has 228 valence electrons. The number of benzene rings is 2. The van der Waals surface area contributed by atoms with Gasteiger partial charge in [-0.25, -0.2) is 8.42 Å². The molecule has 4 rings (SSSR count). The minimum Gasteiger partial charge on any atom is -0.480 e. The van der Waals surface area contributed by atoms with Gasteiger partial charge in [0.05, 0.1) is 4.90 Å². The largest absolute Gasteiger partial charge is 0.480 e. The zero-order valence-corrected chi connectivity index (χ0v) is 25.1. The smallest absolute Gasteiger partial charge is 0.323 e. The van der Waals surface area contributed by atoms with Gasteiger partial charge in [-0.3, -0.25) is 14.6 Å². The van der Waals surface area contributed by atoms with Gasteiger partial charge in [0.15, 0.2) is 5.96 Å². The Hall–Kier alpha value is -3.64. The van der Waals surface area contributed by atoms with Crippen LogP contribution in [0.4, 0.5) is 5.69 Å². The van der Waals surface area contributed by atoms with Gasteiger partial charge in [-0.2, -0.15) is 4.31 Å². The van der Waals surface area contributed by atoms with E-state index >= 15 is 0 Å². The van der Waals surface area contributed by atoms with Crippen LogP contribution in [0.2, 0.25) is 0 Å². The third kappa shape index (κ3) is 8.01. The van der Waals surface area contributed by atoms with E-state index in [4.69, 9.17) is 0 Å². The van der Waals surface area contributed by atoms with Crippen molar-refractivity contribution in [3.63, 3.8) is 0 Å². The molecule has 3 N–H and O–H groups in total. The lowest BCUT2D eigenvalue weighted by Gasteiger charge is -2.38. The van der Waals surface area contributed by atoms with Gasteiger partial charge < -0.3 is 25.5 Å². The fourth-order valence-electron chi connectivity index (χ4n) is 5.20. The van der Waals surface area contributed by atoms with Gasteiger partial charge in [0, 0.05) is 63.6 Å². The van der Waals surface area contributed by atoms with Gasteiger partial charge in [0.25, 0.3) is 5.91 Å². The molecular weight excluding hydrogens is 556 g/mol. The highest BCUT2D eigenvalue weighted by Gasteiger charge is 2.36. The van der Waals surface area contributed by atoms with E-state index < -0.39 is 27.9 Å². The van der Waals surface area contributed by atoms with E-state index in [1.165, 1.54) is 12.1 Å². The topological polar surface area (TPSA) is 135 Å². The van der Waals surface area contributed by atoms with Crippen molar-refractivity contribution in [1.82, 2.24) is 19.8 Å². The summed E-state index contributed by atoms with van der Waals surface area (Å²) in [6, 6.07) is 13.6. The third-order valence-corrected chi connectivity index (χ3v) is 9.55. The number of sulfonamides is 1. The molecule has 1 fully saturated rings. The standard InChI is InChI=1S/C30H42N6O5S/c1-2-3-4-8-18-36(42(40,41)26-10-6-5-7-11-26)27(29(38)39)23-33-28(37)24-12-14-25(15-13-24)34-19-21-35(22-20-34)30-31-16-9-17-32-30/h5-7,10-15,27H,2-4,8-9,16-23H2,1H3,(H,31,32)(H,33,37)(H,38,39). The summed E-state index contributed by atoms with van der Waals surface area (Å²) in [5.74, 6) is -0.792. The summed E-state index contributed by atoms with van der Waals surface area (Å²) in [5.41, 5.74) is 1.38. The Morgan fingerprint density at radius 3 is 2.31 bits per heavy atom. The van der Waals surface area contributed by atoms with Crippen molar-refractivity contribution in [2.75, 3.05) is 57.3 Å². The van der Waals surface area contributed by atoms with Crippen LogP contribution in [0.15, 0.2) is 64.5 Å². The van der Waals surface area contributed by atoms with Gasteiger partial charge in [-0.05, 0) is 49.2 Å². The number of nitrogens with one attached hydrogen (secondary N) is 2. The van der Waals surface area contributed by atoms with Gasteiger partial charge in [-0.15, -0.1) is 0 Å². The summed E-state index contributed by atoms with van der Waals surface area (Å²) in [6.45, 7) is 6.93. The molecule has 0 aromatic heterocycles. The quantitative estimate of drug-likeness (QED) is 0.300. The number of anilines is 1. The number of carboxylic acids is 1. The van der Waals surface area contributed by atoms with Crippen LogP contribution < -0.4 is 15.5 Å². The number of hydrogen-bond acceptors (Lipinski definition) is 8. The van der Waals surface area contributed by atoms with Crippen molar-refractivity contribution in [3.05, 3.63) is 60.2 Å². The number of aliphatic carboxylic acids is 1. The molecule has 2 aliphatic rings. The molecular formula is C30H42N6O5S. The zero-order chi connectivity index (χ0) is 30.0. The highest BCUT2D eigenvalue weighted by Crippen LogP contribution is 2.21. The predicted molar refractivity (Wildman–Crippen MR) is 163 cm³/mol.